The van der Waals surface area contributed by atoms with Gasteiger partial charge in [-0.05, 0) is 61.9 Å². The zero-order valence-corrected chi connectivity index (χ0v) is 22.0. The van der Waals surface area contributed by atoms with E-state index in [1.165, 1.54) is 25.0 Å². The average Bonchev–Trinajstić information content (AvgIpc) is 3.70. The van der Waals surface area contributed by atoms with Crippen molar-refractivity contribution in [3.05, 3.63) is 53.8 Å². The summed E-state index contributed by atoms with van der Waals surface area (Å²) in [5.41, 5.74) is 0.801. The molecule has 2 aromatic carbocycles. The highest BCUT2D eigenvalue weighted by molar-refractivity contribution is 6.02. The maximum absolute atomic E-state index is 13.9. The van der Waals surface area contributed by atoms with Gasteiger partial charge >= 0.3 is 6.03 Å². The second kappa shape index (κ2) is 11.9. The molecule has 9 heteroatoms. The summed E-state index contributed by atoms with van der Waals surface area (Å²) < 4.78 is 25.9. The van der Waals surface area contributed by atoms with E-state index in [1.54, 1.807) is 49.4 Å². The molecule has 200 valence electrons. The highest BCUT2D eigenvalue weighted by atomic mass is 19.1. The highest BCUT2D eigenvalue weighted by Crippen LogP contribution is 2.32. The van der Waals surface area contributed by atoms with Crippen LogP contribution >= 0.6 is 0 Å². The lowest BCUT2D eigenvalue weighted by atomic mass is 10.0. The zero-order valence-electron chi connectivity index (χ0n) is 22.0. The van der Waals surface area contributed by atoms with Gasteiger partial charge in [-0.1, -0.05) is 19.1 Å². The van der Waals surface area contributed by atoms with Crippen LogP contribution in [0.15, 0.2) is 42.5 Å². The van der Waals surface area contributed by atoms with E-state index in [4.69, 9.17) is 9.47 Å². The smallest absolute Gasteiger partial charge is 0.323 e. The molecule has 8 nitrogen and oxygen atoms in total. The maximum Gasteiger partial charge on any atom is 0.323 e. The van der Waals surface area contributed by atoms with Crippen molar-refractivity contribution in [2.45, 2.75) is 38.8 Å². The Morgan fingerprint density at radius 1 is 1.14 bits per heavy atom. The van der Waals surface area contributed by atoms with Crippen LogP contribution < -0.4 is 15.4 Å². The normalized spacial score (nSPS) is 23.3. The molecule has 1 fully saturated rings. The number of ether oxygens (including phenoxy) is 2. The van der Waals surface area contributed by atoms with E-state index in [-0.39, 0.29) is 29.7 Å². The Morgan fingerprint density at radius 2 is 1.89 bits per heavy atom. The quantitative estimate of drug-likeness (QED) is 0.608. The summed E-state index contributed by atoms with van der Waals surface area (Å²) in [6.45, 7) is 7.07. The maximum atomic E-state index is 13.9. The number of para-hydroxylation sites is 1. The first-order chi connectivity index (χ1) is 17.7. The number of anilines is 2. The molecule has 1 saturated carbocycles. The third-order valence-electron chi connectivity index (χ3n) is 7.14. The van der Waals surface area contributed by atoms with Crippen LogP contribution in [0.5, 0.6) is 5.75 Å². The molecule has 3 atom stereocenters. The zero-order chi connectivity index (χ0) is 26.5. The molecule has 0 aromatic heterocycles. The summed E-state index contributed by atoms with van der Waals surface area (Å²) in [5, 5.41) is 5.18. The van der Waals surface area contributed by atoms with Gasteiger partial charge < -0.3 is 25.0 Å². The van der Waals surface area contributed by atoms with Gasteiger partial charge in [-0.3, -0.25) is 9.69 Å². The van der Waals surface area contributed by atoms with Gasteiger partial charge in [0.2, 0.25) is 0 Å². The van der Waals surface area contributed by atoms with E-state index in [1.807, 2.05) is 0 Å². The minimum absolute atomic E-state index is 0.0647. The fraction of sp³-hybridized carbons (Fsp3) is 0.500. The lowest BCUT2D eigenvalue weighted by Crippen LogP contribution is -2.47. The van der Waals surface area contributed by atoms with E-state index in [9.17, 15) is 14.0 Å². The number of fused-ring (bicyclic) bond motifs is 1. The largest absolute Gasteiger partial charge is 0.491 e. The van der Waals surface area contributed by atoms with E-state index >= 15 is 0 Å². The Hall–Kier alpha value is -3.17. The summed E-state index contributed by atoms with van der Waals surface area (Å²) in [7, 11) is 3.43. The van der Waals surface area contributed by atoms with Crippen LogP contribution in [-0.2, 0) is 4.74 Å². The number of halogens is 1. The molecule has 4 rings (SSSR count). The van der Waals surface area contributed by atoms with Crippen molar-refractivity contribution in [2.75, 3.05) is 51.0 Å². The highest BCUT2D eigenvalue weighted by Gasteiger charge is 2.31. The van der Waals surface area contributed by atoms with Crippen LogP contribution in [0.2, 0.25) is 0 Å². The number of urea groups is 1. The molecular weight excluding hydrogens is 475 g/mol. The Balaban J connectivity index is 1.56. The van der Waals surface area contributed by atoms with Crippen LogP contribution in [0.4, 0.5) is 20.6 Å². The lowest BCUT2D eigenvalue weighted by Gasteiger charge is -2.36. The topological polar surface area (TPSA) is 83.1 Å². The van der Waals surface area contributed by atoms with Crippen molar-refractivity contribution in [1.29, 1.82) is 0 Å². The SMILES string of the molecule is CO[C@H]1CN(C)C(=O)c2cc(NC(=O)Nc3ccccc3F)ccc2OC[C@@H](C)N(CC2CC2)C[C@@H]1C. The van der Waals surface area contributed by atoms with Crippen LogP contribution in [0.3, 0.4) is 0 Å². The van der Waals surface area contributed by atoms with Crippen LogP contribution in [-0.4, -0.2) is 74.3 Å². The van der Waals surface area contributed by atoms with Gasteiger partial charge in [-0.2, -0.15) is 0 Å². The van der Waals surface area contributed by atoms with Crippen molar-refractivity contribution in [3.8, 4) is 5.75 Å². The summed E-state index contributed by atoms with van der Waals surface area (Å²) in [5.74, 6) is 0.648. The van der Waals surface area contributed by atoms with Crippen molar-refractivity contribution in [2.24, 2.45) is 11.8 Å². The van der Waals surface area contributed by atoms with Crippen LogP contribution in [0, 0.1) is 17.7 Å². The van der Waals surface area contributed by atoms with Gasteiger partial charge in [-0.25, -0.2) is 9.18 Å². The second-order valence-corrected chi connectivity index (χ2v) is 10.3. The fourth-order valence-corrected chi connectivity index (χ4v) is 4.66. The first kappa shape index (κ1) is 26.9. The number of hydrogen-bond acceptors (Lipinski definition) is 5. The standard InChI is InChI=1S/C28H37FN4O4/c1-18-14-33(15-20-9-10-20)19(2)17-37-25-12-11-21(13-22(25)27(34)32(3)16-26(18)36-4)30-28(35)31-24-8-6-5-7-23(24)29/h5-8,11-13,18-20,26H,9-10,14-17H2,1-4H3,(H2,30,31,35)/t18-,19+,26-/m0/s1. The number of hydrogen-bond donors (Lipinski definition) is 2. The molecule has 0 bridgehead atoms. The van der Waals surface area contributed by atoms with E-state index < -0.39 is 11.8 Å². The number of methoxy groups -OCH3 is 1. The number of benzene rings is 2. The van der Waals surface area contributed by atoms with Gasteiger partial charge in [0.15, 0.2) is 0 Å². The summed E-state index contributed by atoms with van der Waals surface area (Å²) in [6.07, 6.45) is 2.42. The minimum Gasteiger partial charge on any atom is -0.491 e. The summed E-state index contributed by atoms with van der Waals surface area (Å²) in [4.78, 5) is 30.1. The Bertz CT molecular complexity index is 1110. The number of amides is 3. The number of likely N-dealkylation sites (N-methyl/N-ethyl adjacent to an activating group) is 1. The van der Waals surface area contributed by atoms with Crippen molar-refractivity contribution < 1.29 is 23.5 Å². The number of nitrogens with zero attached hydrogens (tertiary/aromatic N) is 2. The summed E-state index contributed by atoms with van der Waals surface area (Å²) in [6, 6.07) is 10.4. The van der Waals surface area contributed by atoms with Gasteiger partial charge in [0, 0.05) is 45.5 Å². The molecule has 1 aliphatic carbocycles. The number of carbonyl (C=O) groups excluding carboxylic acids is 2. The minimum atomic E-state index is -0.613. The van der Waals surface area contributed by atoms with Crippen molar-refractivity contribution >= 4 is 23.3 Å². The molecule has 0 radical (unpaired) electrons. The number of carbonyl (C=O) groups is 2. The van der Waals surface area contributed by atoms with E-state index in [0.717, 1.165) is 19.0 Å². The Morgan fingerprint density at radius 3 is 2.59 bits per heavy atom. The number of rotatable bonds is 5. The molecule has 2 aliphatic rings. The Labute approximate surface area is 218 Å². The fourth-order valence-electron chi connectivity index (χ4n) is 4.66. The molecule has 1 aliphatic heterocycles. The second-order valence-electron chi connectivity index (χ2n) is 10.3. The average molecular weight is 513 g/mol. The lowest BCUT2D eigenvalue weighted by molar-refractivity contribution is 0.00994. The molecule has 2 N–H and O–H groups in total. The molecule has 37 heavy (non-hydrogen) atoms. The summed E-state index contributed by atoms with van der Waals surface area (Å²) >= 11 is 0. The third kappa shape index (κ3) is 6.99. The molecule has 3 amide bonds. The molecular formula is C28H37FN4O4. The van der Waals surface area contributed by atoms with Gasteiger partial charge in [-0.15, -0.1) is 0 Å². The van der Waals surface area contributed by atoms with Crippen LogP contribution in [0.1, 0.15) is 37.0 Å². The molecule has 1 heterocycles. The molecule has 0 unspecified atom stereocenters. The van der Waals surface area contributed by atoms with Gasteiger partial charge in [0.25, 0.3) is 5.91 Å². The van der Waals surface area contributed by atoms with Crippen LogP contribution in [0.25, 0.3) is 0 Å². The van der Waals surface area contributed by atoms with Crippen molar-refractivity contribution in [1.82, 2.24) is 9.80 Å². The molecule has 0 spiro atoms. The van der Waals surface area contributed by atoms with E-state index in [0.29, 0.717) is 30.2 Å². The molecule has 0 saturated heterocycles. The first-order valence-electron chi connectivity index (χ1n) is 12.9. The monoisotopic (exact) mass is 512 g/mol. The third-order valence-corrected chi connectivity index (χ3v) is 7.14. The Kier molecular flexibility index (Phi) is 8.66. The van der Waals surface area contributed by atoms with Gasteiger partial charge in [0.1, 0.15) is 18.2 Å². The first-order valence-corrected chi connectivity index (χ1v) is 12.9. The molecule has 2 aromatic rings. The van der Waals surface area contributed by atoms with E-state index in [2.05, 4.69) is 29.4 Å². The number of nitrogens with one attached hydrogen (secondary N) is 2. The van der Waals surface area contributed by atoms with Gasteiger partial charge in [0.05, 0.1) is 17.4 Å². The van der Waals surface area contributed by atoms with Crippen molar-refractivity contribution in [3.63, 3.8) is 0 Å². The predicted octanol–water partition coefficient (Wildman–Crippen LogP) is 4.69. The predicted molar refractivity (Wildman–Crippen MR) is 142 cm³/mol.